The number of sulfonamides is 1. The summed E-state index contributed by atoms with van der Waals surface area (Å²) in [5.74, 6) is 0.653. The van der Waals surface area contributed by atoms with Gasteiger partial charge in [0.25, 0.3) is 0 Å². The Bertz CT molecular complexity index is 1580. The van der Waals surface area contributed by atoms with Gasteiger partial charge in [-0.1, -0.05) is 55.5 Å². The molecular weight excluding hydrogens is 524 g/mol. The van der Waals surface area contributed by atoms with E-state index in [0.717, 1.165) is 28.9 Å². The fraction of sp³-hybridized carbons (Fsp3) is 0.290. The van der Waals surface area contributed by atoms with Gasteiger partial charge in [-0.15, -0.1) is 0 Å². The van der Waals surface area contributed by atoms with Gasteiger partial charge in [-0.3, -0.25) is 4.79 Å². The SMILES string of the molecule is CCc1ccc(S(=O)(=O)N[C@@H]2c3cc(N(Cc4nccn4C)C(=O)CCc4ccccc4)ccc3C[C@H]2O)cc1. The first-order valence-electron chi connectivity index (χ1n) is 13.5. The molecule has 40 heavy (non-hydrogen) atoms. The molecule has 0 saturated carbocycles. The summed E-state index contributed by atoms with van der Waals surface area (Å²) in [5, 5.41) is 10.9. The van der Waals surface area contributed by atoms with Gasteiger partial charge in [0.1, 0.15) is 5.82 Å². The van der Waals surface area contributed by atoms with Gasteiger partial charge in [0.2, 0.25) is 15.9 Å². The van der Waals surface area contributed by atoms with Crippen molar-refractivity contribution in [3.63, 3.8) is 0 Å². The van der Waals surface area contributed by atoms with E-state index >= 15 is 0 Å². The summed E-state index contributed by atoms with van der Waals surface area (Å²) in [6.45, 7) is 2.27. The molecule has 9 heteroatoms. The molecule has 0 fully saturated rings. The first-order valence-corrected chi connectivity index (χ1v) is 15.0. The Labute approximate surface area is 235 Å². The van der Waals surface area contributed by atoms with Crippen molar-refractivity contribution in [1.29, 1.82) is 0 Å². The monoisotopic (exact) mass is 558 g/mol. The minimum atomic E-state index is -3.88. The van der Waals surface area contributed by atoms with Gasteiger partial charge in [-0.05, 0) is 59.4 Å². The summed E-state index contributed by atoms with van der Waals surface area (Å²) in [5.41, 5.74) is 4.26. The molecular formula is C31H34N4O4S. The second-order valence-electron chi connectivity index (χ2n) is 10.2. The van der Waals surface area contributed by atoms with Crippen LogP contribution in [0.25, 0.3) is 0 Å². The quantitative estimate of drug-likeness (QED) is 0.305. The van der Waals surface area contributed by atoms with Crippen molar-refractivity contribution < 1.29 is 18.3 Å². The van der Waals surface area contributed by atoms with E-state index in [-0.39, 0.29) is 17.3 Å². The second-order valence-corrected chi connectivity index (χ2v) is 11.9. The van der Waals surface area contributed by atoms with Gasteiger partial charge in [0.15, 0.2) is 0 Å². The Kier molecular flexibility index (Phi) is 8.16. The number of hydrogen-bond donors (Lipinski definition) is 2. The van der Waals surface area contributed by atoms with Crippen LogP contribution >= 0.6 is 0 Å². The minimum absolute atomic E-state index is 0.0708. The summed E-state index contributed by atoms with van der Waals surface area (Å²) < 4.78 is 31.1. The van der Waals surface area contributed by atoms with Crippen LogP contribution in [-0.4, -0.2) is 35.1 Å². The van der Waals surface area contributed by atoms with Crippen LogP contribution in [0.4, 0.5) is 5.69 Å². The molecule has 0 unspecified atom stereocenters. The molecule has 1 aliphatic rings. The van der Waals surface area contributed by atoms with Crippen molar-refractivity contribution in [3.05, 3.63) is 113 Å². The normalized spacial score (nSPS) is 16.6. The fourth-order valence-electron chi connectivity index (χ4n) is 5.10. The van der Waals surface area contributed by atoms with E-state index in [9.17, 15) is 18.3 Å². The number of rotatable bonds is 10. The molecule has 0 saturated heterocycles. The van der Waals surface area contributed by atoms with Crippen molar-refractivity contribution in [3.8, 4) is 0 Å². The highest BCUT2D eigenvalue weighted by atomic mass is 32.2. The highest BCUT2D eigenvalue weighted by Crippen LogP contribution is 2.36. The average molecular weight is 559 g/mol. The molecule has 0 radical (unpaired) electrons. The Balaban J connectivity index is 1.43. The lowest BCUT2D eigenvalue weighted by molar-refractivity contribution is -0.118. The van der Waals surface area contributed by atoms with Crippen molar-refractivity contribution in [2.24, 2.45) is 7.05 Å². The van der Waals surface area contributed by atoms with Crippen molar-refractivity contribution in [2.45, 2.75) is 56.2 Å². The summed E-state index contributed by atoms with van der Waals surface area (Å²) in [7, 11) is -2.00. The first-order chi connectivity index (χ1) is 19.2. The third-order valence-electron chi connectivity index (χ3n) is 7.51. The summed E-state index contributed by atoms with van der Waals surface area (Å²) in [6.07, 6.45) is 4.63. The molecule has 1 aromatic heterocycles. The molecule has 2 atom stereocenters. The molecule has 208 valence electrons. The highest BCUT2D eigenvalue weighted by molar-refractivity contribution is 7.89. The lowest BCUT2D eigenvalue weighted by Gasteiger charge is -2.25. The van der Waals surface area contributed by atoms with Gasteiger partial charge < -0.3 is 14.6 Å². The molecule has 1 aliphatic carbocycles. The van der Waals surface area contributed by atoms with Crippen LogP contribution < -0.4 is 9.62 Å². The van der Waals surface area contributed by atoms with Gasteiger partial charge in [0.05, 0.1) is 23.6 Å². The number of aliphatic hydroxyl groups excluding tert-OH is 1. The Hall–Kier alpha value is -3.79. The number of aryl methyl sites for hydroxylation is 3. The standard InChI is InChI=1S/C31H34N4O4S/c1-3-22-9-14-26(15-10-22)40(38,39)33-31-27-20-25(13-12-24(27)19-28(31)36)35(21-29-32-17-18-34(29)2)30(37)16-11-23-7-5-4-6-8-23/h4-10,12-15,17-18,20,28,31,33,36H,3,11,16,19,21H2,1-2H3/t28-,31-/m1/s1. The van der Waals surface area contributed by atoms with Crippen molar-refractivity contribution in [1.82, 2.24) is 14.3 Å². The molecule has 1 heterocycles. The number of fused-ring (bicyclic) bond motifs is 1. The number of carbonyl (C=O) groups is 1. The number of aromatic nitrogens is 2. The van der Waals surface area contributed by atoms with E-state index in [1.54, 1.807) is 35.4 Å². The number of anilines is 1. The van der Waals surface area contributed by atoms with Crippen LogP contribution in [0.2, 0.25) is 0 Å². The van der Waals surface area contributed by atoms with Gasteiger partial charge in [0, 0.05) is 38.0 Å². The molecule has 5 rings (SSSR count). The maximum absolute atomic E-state index is 13.6. The zero-order valence-corrected chi connectivity index (χ0v) is 23.5. The third-order valence-corrected chi connectivity index (χ3v) is 8.96. The Morgan fingerprint density at radius 1 is 1.07 bits per heavy atom. The van der Waals surface area contributed by atoms with Crippen LogP contribution in [0, 0.1) is 0 Å². The highest BCUT2D eigenvalue weighted by Gasteiger charge is 2.35. The Morgan fingerprint density at radius 2 is 1.82 bits per heavy atom. The number of benzene rings is 3. The third kappa shape index (κ3) is 6.01. The zero-order chi connectivity index (χ0) is 28.3. The number of nitrogens with zero attached hydrogens (tertiary/aromatic N) is 3. The molecule has 0 spiro atoms. The zero-order valence-electron chi connectivity index (χ0n) is 22.7. The summed E-state index contributed by atoms with van der Waals surface area (Å²) >= 11 is 0. The van der Waals surface area contributed by atoms with Gasteiger partial charge in [-0.25, -0.2) is 18.1 Å². The van der Waals surface area contributed by atoms with Crippen LogP contribution in [-0.2, 0) is 47.7 Å². The first kappa shape index (κ1) is 27.8. The van der Waals surface area contributed by atoms with E-state index in [0.29, 0.717) is 30.5 Å². The number of imidazole rings is 1. The van der Waals surface area contributed by atoms with Crippen LogP contribution in [0.1, 0.15) is 47.5 Å². The summed E-state index contributed by atoms with van der Waals surface area (Å²) in [6, 6.07) is 21.3. The molecule has 1 amide bonds. The molecule has 4 aromatic rings. The number of amides is 1. The molecule has 2 N–H and O–H groups in total. The summed E-state index contributed by atoms with van der Waals surface area (Å²) in [4.78, 5) is 19.8. The van der Waals surface area contributed by atoms with Crippen LogP contribution in [0.3, 0.4) is 0 Å². The van der Waals surface area contributed by atoms with Crippen molar-refractivity contribution >= 4 is 21.6 Å². The van der Waals surface area contributed by atoms with Crippen LogP contribution in [0.5, 0.6) is 0 Å². The number of aliphatic hydroxyl groups is 1. The van der Waals surface area contributed by atoms with Gasteiger partial charge in [-0.2, -0.15) is 0 Å². The van der Waals surface area contributed by atoms with Crippen LogP contribution in [0.15, 0.2) is 90.1 Å². The average Bonchev–Trinajstić information content (AvgIpc) is 3.51. The number of carbonyl (C=O) groups excluding carboxylic acids is 1. The topological polar surface area (TPSA) is 105 Å². The largest absolute Gasteiger partial charge is 0.391 e. The predicted molar refractivity (Wildman–Crippen MR) is 154 cm³/mol. The molecule has 3 aromatic carbocycles. The lowest BCUT2D eigenvalue weighted by atomic mass is 10.1. The van der Waals surface area contributed by atoms with E-state index in [1.807, 2.05) is 73.3 Å². The van der Waals surface area contributed by atoms with Gasteiger partial charge >= 0.3 is 0 Å². The second kappa shape index (κ2) is 11.8. The lowest BCUT2D eigenvalue weighted by Crippen LogP contribution is -2.34. The number of nitrogens with one attached hydrogen (secondary N) is 1. The van der Waals surface area contributed by atoms with E-state index in [4.69, 9.17) is 0 Å². The van der Waals surface area contributed by atoms with E-state index in [1.165, 1.54) is 0 Å². The van der Waals surface area contributed by atoms with E-state index < -0.39 is 22.2 Å². The Morgan fingerprint density at radius 3 is 2.50 bits per heavy atom. The molecule has 0 aliphatic heterocycles. The van der Waals surface area contributed by atoms with Crippen molar-refractivity contribution in [2.75, 3.05) is 4.90 Å². The smallest absolute Gasteiger partial charge is 0.241 e. The molecule has 0 bridgehead atoms. The fourth-order valence-corrected chi connectivity index (χ4v) is 6.35. The predicted octanol–water partition coefficient (Wildman–Crippen LogP) is 4.09. The minimum Gasteiger partial charge on any atom is -0.391 e. The number of hydrogen-bond acceptors (Lipinski definition) is 5. The molecule has 8 nitrogen and oxygen atoms in total. The maximum Gasteiger partial charge on any atom is 0.241 e. The van der Waals surface area contributed by atoms with E-state index in [2.05, 4.69) is 9.71 Å². The maximum atomic E-state index is 13.6.